The molecule has 0 saturated heterocycles. The third-order valence-corrected chi connectivity index (χ3v) is 2.30. The van der Waals surface area contributed by atoms with Crippen LogP contribution in [-0.2, 0) is 0 Å². The fourth-order valence-corrected chi connectivity index (χ4v) is 1.62. The highest BCUT2D eigenvalue weighted by atomic mass is 15.2. The maximum Gasteiger partial charge on any atom is 0.181 e. The number of H-pyrrole nitrogens is 1. The highest BCUT2D eigenvalue weighted by Crippen LogP contribution is 2.23. The molecule has 3 heteroatoms. The normalized spacial score (nSPS) is 10.5. The Kier molecular flexibility index (Phi) is 2.08. The first-order valence-corrected chi connectivity index (χ1v) is 4.64. The molecule has 14 heavy (non-hydrogen) atoms. The molecule has 2 aromatic rings. The monoisotopic (exact) mass is 187 g/mol. The van der Waals surface area contributed by atoms with Gasteiger partial charge in [0.05, 0.1) is 0 Å². The van der Waals surface area contributed by atoms with Crippen molar-refractivity contribution in [1.82, 2.24) is 15.2 Å². The van der Waals surface area contributed by atoms with Gasteiger partial charge in [-0.05, 0) is 31.9 Å². The second-order valence-electron chi connectivity index (χ2n) is 3.51. The van der Waals surface area contributed by atoms with E-state index in [1.165, 1.54) is 11.1 Å². The van der Waals surface area contributed by atoms with Gasteiger partial charge in [0.25, 0.3) is 0 Å². The minimum atomic E-state index is 0.790. The smallest absolute Gasteiger partial charge is 0.181 e. The highest BCUT2D eigenvalue weighted by Gasteiger charge is 2.08. The Morgan fingerprint density at radius 1 is 1.07 bits per heavy atom. The van der Waals surface area contributed by atoms with E-state index in [0.29, 0.717) is 0 Å². The van der Waals surface area contributed by atoms with Crippen molar-refractivity contribution in [3.05, 3.63) is 35.2 Å². The second kappa shape index (κ2) is 3.25. The van der Waals surface area contributed by atoms with Gasteiger partial charge in [0.1, 0.15) is 5.82 Å². The molecule has 0 radical (unpaired) electrons. The minimum Gasteiger partial charge on any atom is -0.263 e. The van der Waals surface area contributed by atoms with Crippen LogP contribution in [0.2, 0.25) is 0 Å². The quantitative estimate of drug-likeness (QED) is 0.744. The average molecular weight is 187 g/mol. The van der Waals surface area contributed by atoms with Crippen LogP contribution in [0.25, 0.3) is 11.4 Å². The van der Waals surface area contributed by atoms with Gasteiger partial charge in [-0.1, -0.05) is 18.2 Å². The van der Waals surface area contributed by atoms with Crippen molar-refractivity contribution in [3.8, 4) is 11.4 Å². The van der Waals surface area contributed by atoms with Crippen LogP contribution in [0.1, 0.15) is 17.0 Å². The number of nitrogens with zero attached hydrogens (tertiary/aromatic N) is 2. The molecule has 2 rings (SSSR count). The zero-order valence-electron chi connectivity index (χ0n) is 8.63. The topological polar surface area (TPSA) is 41.6 Å². The Morgan fingerprint density at radius 3 is 2.21 bits per heavy atom. The molecule has 0 atom stereocenters. The predicted octanol–water partition coefficient (Wildman–Crippen LogP) is 2.40. The van der Waals surface area contributed by atoms with Gasteiger partial charge in [-0.2, -0.15) is 5.10 Å². The molecular weight excluding hydrogens is 174 g/mol. The first-order chi connectivity index (χ1) is 6.68. The molecule has 72 valence electrons. The van der Waals surface area contributed by atoms with Crippen molar-refractivity contribution in [2.45, 2.75) is 20.8 Å². The van der Waals surface area contributed by atoms with E-state index < -0.39 is 0 Å². The molecule has 0 spiro atoms. The Morgan fingerprint density at radius 2 is 1.71 bits per heavy atom. The summed E-state index contributed by atoms with van der Waals surface area (Å²) in [6.07, 6.45) is 0. The lowest BCUT2D eigenvalue weighted by Crippen LogP contribution is -1.89. The standard InChI is InChI=1S/C11H13N3/c1-7-5-4-6-8(2)10(7)11-12-9(3)13-14-11/h4-6H,1-3H3,(H,12,13,14). The van der Waals surface area contributed by atoms with Crippen molar-refractivity contribution in [3.63, 3.8) is 0 Å². The zero-order valence-corrected chi connectivity index (χ0v) is 8.63. The van der Waals surface area contributed by atoms with Gasteiger partial charge in [-0.15, -0.1) is 0 Å². The molecule has 1 aromatic carbocycles. The number of benzene rings is 1. The van der Waals surface area contributed by atoms with Gasteiger partial charge in [0.15, 0.2) is 5.82 Å². The molecule has 0 aliphatic heterocycles. The number of hydrogen-bond acceptors (Lipinski definition) is 2. The summed E-state index contributed by atoms with van der Waals surface area (Å²) < 4.78 is 0. The number of nitrogens with one attached hydrogen (secondary N) is 1. The summed E-state index contributed by atoms with van der Waals surface area (Å²) in [6.45, 7) is 6.06. The molecule has 0 unspecified atom stereocenters. The number of aryl methyl sites for hydroxylation is 3. The SMILES string of the molecule is Cc1nc(-c2c(C)cccc2C)n[nH]1. The van der Waals surface area contributed by atoms with Crippen molar-refractivity contribution in [1.29, 1.82) is 0 Å². The molecule has 1 aromatic heterocycles. The molecule has 1 heterocycles. The van der Waals surface area contributed by atoms with Gasteiger partial charge in [-0.3, -0.25) is 5.10 Å². The summed E-state index contributed by atoms with van der Waals surface area (Å²) in [4.78, 5) is 4.34. The summed E-state index contributed by atoms with van der Waals surface area (Å²) in [5.41, 5.74) is 3.56. The van der Waals surface area contributed by atoms with Crippen molar-refractivity contribution in [2.24, 2.45) is 0 Å². The van der Waals surface area contributed by atoms with Crippen LogP contribution in [0.15, 0.2) is 18.2 Å². The van der Waals surface area contributed by atoms with E-state index >= 15 is 0 Å². The molecule has 0 aliphatic rings. The average Bonchev–Trinajstić information content (AvgIpc) is 2.51. The van der Waals surface area contributed by atoms with Gasteiger partial charge >= 0.3 is 0 Å². The Labute approximate surface area is 83.2 Å². The maximum absolute atomic E-state index is 4.34. The Balaban J connectivity index is 2.61. The van der Waals surface area contributed by atoms with E-state index in [9.17, 15) is 0 Å². The van der Waals surface area contributed by atoms with E-state index in [-0.39, 0.29) is 0 Å². The molecule has 0 bridgehead atoms. The second-order valence-corrected chi connectivity index (χ2v) is 3.51. The van der Waals surface area contributed by atoms with Crippen LogP contribution in [0.3, 0.4) is 0 Å². The van der Waals surface area contributed by atoms with Crippen LogP contribution in [0.5, 0.6) is 0 Å². The zero-order chi connectivity index (χ0) is 10.1. The molecule has 0 saturated carbocycles. The Hall–Kier alpha value is -1.64. The largest absolute Gasteiger partial charge is 0.263 e. The van der Waals surface area contributed by atoms with E-state index in [0.717, 1.165) is 17.2 Å². The van der Waals surface area contributed by atoms with Gasteiger partial charge in [0, 0.05) is 5.56 Å². The minimum absolute atomic E-state index is 0.790. The number of aromatic amines is 1. The number of rotatable bonds is 1. The highest BCUT2D eigenvalue weighted by molar-refractivity contribution is 5.63. The summed E-state index contributed by atoms with van der Waals surface area (Å²) in [6, 6.07) is 6.20. The van der Waals surface area contributed by atoms with Gasteiger partial charge in [0.2, 0.25) is 0 Å². The Bertz CT molecular complexity index is 437. The van der Waals surface area contributed by atoms with Crippen LogP contribution >= 0.6 is 0 Å². The van der Waals surface area contributed by atoms with Crippen molar-refractivity contribution >= 4 is 0 Å². The molecular formula is C11H13N3. The summed E-state index contributed by atoms with van der Waals surface area (Å²) >= 11 is 0. The third kappa shape index (κ3) is 1.41. The van der Waals surface area contributed by atoms with Crippen LogP contribution < -0.4 is 0 Å². The van der Waals surface area contributed by atoms with Crippen LogP contribution in [0, 0.1) is 20.8 Å². The molecule has 1 N–H and O–H groups in total. The van der Waals surface area contributed by atoms with Gasteiger partial charge in [-0.25, -0.2) is 4.98 Å². The number of aromatic nitrogens is 3. The fraction of sp³-hybridized carbons (Fsp3) is 0.273. The van der Waals surface area contributed by atoms with Crippen molar-refractivity contribution < 1.29 is 0 Å². The fourth-order valence-electron chi connectivity index (χ4n) is 1.62. The molecule has 0 amide bonds. The molecule has 3 nitrogen and oxygen atoms in total. The van der Waals surface area contributed by atoms with E-state index in [1.807, 2.05) is 13.0 Å². The van der Waals surface area contributed by atoms with Crippen molar-refractivity contribution in [2.75, 3.05) is 0 Å². The summed E-state index contributed by atoms with van der Waals surface area (Å²) in [5.74, 6) is 1.64. The lowest BCUT2D eigenvalue weighted by atomic mass is 10.0. The first-order valence-electron chi connectivity index (χ1n) is 4.64. The lowest BCUT2D eigenvalue weighted by molar-refractivity contribution is 1.04. The lowest BCUT2D eigenvalue weighted by Gasteiger charge is -2.04. The number of hydrogen-bond donors (Lipinski definition) is 1. The van der Waals surface area contributed by atoms with E-state index in [4.69, 9.17) is 0 Å². The summed E-state index contributed by atoms with van der Waals surface area (Å²) in [5, 5.41) is 7.03. The van der Waals surface area contributed by atoms with E-state index in [1.54, 1.807) is 0 Å². The van der Waals surface area contributed by atoms with Gasteiger partial charge < -0.3 is 0 Å². The van der Waals surface area contributed by atoms with Crippen LogP contribution in [0.4, 0.5) is 0 Å². The molecule has 0 aliphatic carbocycles. The molecule has 0 fully saturated rings. The first kappa shape index (κ1) is 8.94. The third-order valence-electron chi connectivity index (χ3n) is 2.30. The maximum atomic E-state index is 4.34. The van der Waals surface area contributed by atoms with E-state index in [2.05, 4.69) is 41.2 Å². The van der Waals surface area contributed by atoms with Crippen LogP contribution in [-0.4, -0.2) is 15.2 Å². The predicted molar refractivity (Wildman–Crippen MR) is 56.0 cm³/mol. The summed E-state index contributed by atoms with van der Waals surface area (Å²) in [7, 11) is 0.